The highest BCUT2D eigenvalue weighted by atomic mass is 127. The van der Waals surface area contributed by atoms with Crippen LogP contribution in [-0.4, -0.2) is 58.9 Å². The predicted octanol–water partition coefficient (Wildman–Crippen LogP) is 3.43. The monoisotopic (exact) mass is 525 g/mol. The molecular formula is C22H36IN7. The van der Waals surface area contributed by atoms with Crippen LogP contribution in [0.2, 0.25) is 0 Å². The van der Waals surface area contributed by atoms with Crippen LogP contribution in [0.5, 0.6) is 0 Å². The summed E-state index contributed by atoms with van der Waals surface area (Å²) in [7, 11) is 1.81. The molecular weight excluding hydrogens is 489 g/mol. The number of hydrogen-bond donors (Lipinski definition) is 2. The Morgan fingerprint density at radius 2 is 1.87 bits per heavy atom. The summed E-state index contributed by atoms with van der Waals surface area (Å²) in [5, 5.41) is 11.3. The van der Waals surface area contributed by atoms with Gasteiger partial charge in [0, 0.05) is 32.0 Å². The lowest BCUT2D eigenvalue weighted by Gasteiger charge is -2.20. The third kappa shape index (κ3) is 7.54. The van der Waals surface area contributed by atoms with E-state index in [4.69, 9.17) is 0 Å². The van der Waals surface area contributed by atoms with Crippen molar-refractivity contribution >= 4 is 29.9 Å². The molecule has 0 radical (unpaired) electrons. The number of nitrogens with one attached hydrogen (secondary N) is 2. The molecule has 2 N–H and O–H groups in total. The molecule has 1 aliphatic rings. The van der Waals surface area contributed by atoms with Crippen molar-refractivity contribution < 1.29 is 0 Å². The van der Waals surface area contributed by atoms with Crippen molar-refractivity contribution in [1.29, 1.82) is 0 Å². The van der Waals surface area contributed by atoms with Crippen molar-refractivity contribution in [3.63, 3.8) is 0 Å². The van der Waals surface area contributed by atoms with E-state index < -0.39 is 0 Å². The van der Waals surface area contributed by atoms with Crippen LogP contribution in [0, 0.1) is 13.8 Å². The van der Waals surface area contributed by atoms with Gasteiger partial charge in [0.2, 0.25) is 0 Å². The quantitative estimate of drug-likeness (QED) is 0.251. The van der Waals surface area contributed by atoms with Crippen molar-refractivity contribution in [2.75, 3.05) is 33.2 Å². The SMILES string of the molecule is CN=C(NCCCN1CCCCCC1)NCc1ccc(-n2nc(C)cc2C)nc1.I. The van der Waals surface area contributed by atoms with Crippen LogP contribution in [0.1, 0.15) is 49.1 Å². The van der Waals surface area contributed by atoms with Gasteiger partial charge in [-0.25, -0.2) is 9.67 Å². The molecule has 1 saturated heterocycles. The van der Waals surface area contributed by atoms with Crippen molar-refractivity contribution in [3.8, 4) is 5.82 Å². The van der Waals surface area contributed by atoms with E-state index in [1.54, 1.807) is 0 Å². The lowest BCUT2D eigenvalue weighted by atomic mass is 10.2. The van der Waals surface area contributed by atoms with Crippen molar-refractivity contribution in [2.24, 2.45) is 4.99 Å². The van der Waals surface area contributed by atoms with E-state index in [-0.39, 0.29) is 24.0 Å². The van der Waals surface area contributed by atoms with E-state index in [2.05, 4.69) is 42.7 Å². The predicted molar refractivity (Wildman–Crippen MR) is 134 cm³/mol. The van der Waals surface area contributed by atoms with E-state index in [1.807, 2.05) is 37.8 Å². The van der Waals surface area contributed by atoms with E-state index in [9.17, 15) is 0 Å². The number of aromatic nitrogens is 3. The zero-order valence-electron chi connectivity index (χ0n) is 18.5. The number of likely N-dealkylation sites (tertiary alicyclic amines) is 1. The topological polar surface area (TPSA) is 70.4 Å². The first-order valence-electron chi connectivity index (χ1n) is 10.8. The Bertz CT molecular complexity index is 777. The first-order valence-corrected chi connectivity index (χ1v) is 10.8. The molecule has 0 atom stereocenters. The van der Waals surface area contributed by atoms with Crippen molar-refractivity contribution in [1.82, 2.24) is 30.3 Å². The number of nitrogens with zero attached hydrogens (tertiary/aromatic N) is 5. The molecule has 7 nitrogen and oxygen atoms in total. The number of aryl methyl sites for hydroxylation is 2. The first kappa shape index (κ1) is 24.6. The standard InChI is InChI=1S/C22H35N7.HI/c1-18-15-19(2)29(27-18)21-10-9-20(16-25-21)17-26-22(23-3)24-11-8-14-28-12-6-4-5-7-13-28;/h9-10,15-16H,4-8,11-14,17H2,1-3H3,(H2,23,24,26);1H. The highest BCUT2D eigenvalue weighted by Crippen LogP contribution is 2.11. The Morgan fingerprint density at radius 1 is 1.10 bits per heavy atom. The molecule has 0 aliphatic carbocycles. The van der Waals surface area contributed by atoms with Crippen LogP contribution < -0.4 is 10.6 Å². The number of pyridine rings is 1. The van der Waals surface area contributed by atoms with Crippen molar-refractivity contribution in [3.05, 3.63) is 41.3 Å². The second-order valence-electron chi connectivity index (χ2n) is 7.83. The molecule has 0 aromatic carbocycles. The van der Waals surface area contributed by atoms with E-state index in [1.165, 1.54) is 45.3 Å². The Hall–Kier alpha value is -1.68. The fourth-order valence-electron chi connectivity index (χ4n) is 3.78. The summed E-state index contributed by atoms with van der Waals surface area (Å²) in [6, 6.07) is 6.14. The summed E-state index contributed by atoms with van der Waals surface area (Å²) in [4.78, 5) is 11.5. The number of halogens is 1. The maximum Gasteiger partial charge on any atom is 0.191 e. The fraction of sp³-hybridized carbons (Fsp3) is 0.591. The van der Waals surface area contributed by atoms with Gasteiger partial charge in [-0.2, -0.15) is 5.10 Å². The van der Waals surface area contributed by atoms with Gasteiger partial charge < -0.3 is 15.5 Å². The summed E-state index contributed by atoms with van der Waals surface area (Å²) in [5.74, 6) is 1.68. The van der Waals surface area contributed by atoms with Gasteiger partial charge in [0.25, 0.3) is 0 Å². The third-order valence-electron chi connectivity index (χ3n) is 5.36. The molecule has 1 aliphatic heterocycles. The molecule has 0 bridgehead atoms. The summed E-state index contributed by atoms with van der Waals surface area (Å²) in [5.41, 5.74) is 3.20. The Balaban J connectivity index is 0.00000320. The van der Waals surface area contributed by atoms with Crippen LogP contribution in [0.4, 0.5) is 0 Å². The lowest BCUT2D eigenvalue weighted by Crippen LogP contribution is -2.38. The summed E-state index contributed by atoms with van der Waals surface area (Å²) >= 11 is 0. The van der Waals surface area contributed by atoms with Gasteiger partial charge in [-0.15, -0.1) is 24.0 Å². The van der Waals surface area contributed by atoms with Gasteiger partial charge in [-0.1, -0.05) is 18.9 Å². The van der Waals surface area contributed by atoms with Gasteiger partial charge in [-0.05, 0) is 70.4 Å². The van der Waals surface area contributed by atoms with Crippen LogP contribution >= 0.6 is 24.0 Å². The summed E-state index contributed by atoms with van der Waals surface area (Å²) in [6.45, 7) is 9.35. The molecule has 8 heteroatoms. The van der Waals surface area contributed by atoms with Gasteiger partial charge >= 0.3 is 0 Å². The molecule has 0 unspecified atom stereocenters. The maximum absolute atomic E-state index is 4.56. The van der Waals surface area contributed by atoms with Crippen LogP contribution in [0.3, 0.4) is 0 Å². The summed E-state index contributed by atoms with van der Waals surface area (Å²) in [6.07, 6.45) is 8.52. The first-order chi connectivity index (χ1) is 14.2. The van der Waals surface area contributed by atoms with E-state index >= 15 is 0 Å². The average Bonchev–Trinajstić information content (AvgIpc) is 2.92. The Labute approximate surface area is 197 Å². The Kier molecular flexibility index (Phi) is 10.6. The minimum atomic E-state index is 0. The number of aliphatic imine (C=N–C) groups is 1. The summed E-state index contributed by atoms with van der Waals surface area (Å²) < 4.78 is 1.87. The van der Waals surface area contributed by atoms with E-state index in [0.717, 1.165) is 41.7 Å². The highest BCUT2D eigenvalue weighted by Gasteiger charge is 2.08. The van der Waals surface area contributed by atoms with Crippen LogP contribution in [0.15, 0.2) is 29.4 Å². The molecule has 3 heterocycles. The zero-order chi connectivity index (χ0) is 20.5. The molecule has 3 rings (SSSR count). The number of rotatable bonds is 7. The van der Waals surface area contributed by atoms with Crippen LogP contribution in [-0.2, 0) is 6.54 Å². The smallest absolute Gasteiger partial charge is 0.191 e. The van der Waals surface area contributed by atoms with Gasteiger partial charge in [0.15, 0.2) is 11.8 Å². The second-order valence-corrected chi connectivity index (χ2v) is 7.83. The normalized spacial score (nSPS) is 15.4. The molecule has 1 fully saturated rings. The largest absolute Gasteiger partial charge is 0.356 e. The van der Waals surface area contributed by atoms with E-state index in [0.29, 0.717) is 6.54 Å². The highest BCUT2D eigenvalue weighted by molar-refractivity contribution is 14.0. The van der Waals surface area contributed by atoms with Crippen LogP contribution in [0.25, 0.3) is 5.82 Å². The molecule has 0 spiro atoms. The Morgan fingerprint density at radius 3 is 2.47 bits per heavy atom. The zero-order valence-corrected chi connectivity index (χ0v) is 20.9. The molecule has 30 heavy (non-hydrogen) atoms. The van der Waals surface area contributed by atoms with Gasteiger partial charge in [-0.3, -0.25) is 4.99 Å². The molecule has 0 saturated carbocycles. The molecule has 166 valence electrons. The number of hydrogen-bond acceptors (Lipinski definition) is 4. The minimum Gasteiger partial charge on any atom is -0.356 e. The second kappa shape index (κ2) is 12.9. The fourth-order valence-corrected chi connectivity index (χ4v) is 3.78. The molecule has 2 aromatic rings. The average molecular weight is 525 g/mol. The van der Waals surface area contributed by atoms with Gasteiger partial charge in [0.1, 0.15) is 0 Å². The van der Waals surface area contributed by atoms with Gasteiger partial charge in [0.05, 0.1) is 5.69 Å². The lowest BCUT2D eigenvalue weighted by molar-refractivity contribution is 0.282. The number of guanidine groups is 1. The maximum atomic E-state index is 4.56. The molecule has 2 aromatic heterocycles. The van der Waals surface area contributed by atoms with Crippen molar-refractivity contribution in [2.45, 2.75) is 52.5 Å². The molecule has 0 amide bonds. The third-order valence-corrected chi connectivity index (χ3v) is 5.36. The minimum absolute atomic E-state index is 0.